The molecule has 0 aromatic heterocycles. The topological polar surface area (TPSA) is 82.2 Å². The molecule has 2 heterocycles. The van der Waals surface area contributed by atoms with Crippen molar-refractivity contribution in [1.82, 2.24) is 18.8 Å². The van der Waals surface area contributed by atoms with Crippen LogP contribution >= 0.6 is 0 Å². The maximum Gasteiger partial charge on any atom is 0.282 e. The molecule has 0 aromatic carbocycles. The summed E-state index contributed by atoms with van der Waals surface area (Å²) in [4.78, 5) is 14.1. The molecule has 8 nitrogen and oxygen atoms in total. The van der Waals surface area contributed by atoms with Crippen LogP contribution in [0.5, 0.6) is 0 Å². The Morgan fingerprint density at radius 2 is 1.65 bits per heavy atom. The maximum atomic E-state index is 12.6. The summed E-state index contributed by atoms with van der Waals surface area (Å²) in [5.41, 5.74) is 0. The SMILES string of the molecule is CCCNC(=O)[C@@H](C)N1CCN(S(=O)(=O)N2CCOCC2)CC1. The van der Waals surface area contributed by atoms with Gasteiger partial charge < -0.3 is 10.1 Å². The first kappa shape index (κ1) is 18.6. The van der Waals surface area contributed by atoms with Gasteiger partial charge in [0, 0.05) is 45.8 Å². The van der Waals surface area contributed by atoms with E-state index in [0.29, 0.717) is 59.0 Å². The highest BCUT2D eigenvalue weighted by Crippen LogP contribution is 2.15. The number of rotatable bonds is 6. The molecule has 0 aliphatic carbocycles. The molecule has 0 spiro atoms. The second-order valence-electron chi connectivity index (χ2n) is 5.92. The zero-order chi connectivity index (χ0) is 16.9. The lowest BCUT2D eigenvalue weighted by atomic mass is 10.2. The van der Waals surface area contributed by atoms with E-state index in [-0.39, 0.29) is 11.9 Å². The molecule has 23 heavy (non-hydrogen) atoms. The van der Waals surface area contributed by atoms with Crippen LogP contribution in [0.2, 0.25) is 0 Å². The number of carbonyl (C=O) groups is 1. The Labute approximate surface area is 138 Å². The summed E-state index contributed by atoms with van der Waals surface area (Å²) in [6, 6.07) is -0.227. The van der Waals surface area contributed by atoms with E-state index in [0.717, 1.165) is 6.42 Å². The Morgan fingerprint density at radius 3 is 2.22 bits per heavy atom. The van der Waals surface area contributed by atoms with Crippen LogP contribution in [0.25, 0.3) is 0 Å². The lowest BCUT2D eigenvalue weighted by molar-refractivity contribution is -0.126. The summed E-state index contributed by atoms with van der Waals surface area (Å²) < 4.78 is 33.4. The average Bonchev–Trinajstić information content (AvgIpc) is 2.59. The van der Waals surface area contributed by atoms with Gasteiger partial charge in [0.05, 0.1) is 19.3 Å². The fraction of sp³-hybridized carbons (Fsp3) is 0.929. The van der Waals surface area contributed by atoms with Crippen molar-refractivity contribution in [3.63, 3.8) is 0 Å². The largest absolute Gasteiger partial charge is 0.379 e. The molecule has 2 fully saturated rings. The second kappa shape index (κ2) is 8.39. The Bertz CT molecular complexity index is 485. The molecule has 2 aliphatic heterocycles. The van der Waals surface area contributed by atoms with Gasteiger partial charge >= 0.3 is 0 Å². The molecule has 9 heteroatoms. The number of nitrogens with one attached hydrogen (secondary N) is 1. The van der Waals surface area contributed by atoms with Gasteiger partial charge in [-0.05, 0) is 13.3 Å². The first-order valence-electron chi connectivity index (χ1n) is 8.31. The van der Waals surface area contributed by atoms with E-state index in [4.69, 9.17) is 4.74 Å². The molecule has 134 valence electrons. The van der Waals surface area contributed by atoms with Gasteiger partial charge in [0.2, 0.25) is 5.91 Å². The Hall–Kier alpha value is -0.740. The van der Waals surface area contributed by atoms with Crippen LogP contribution in [0.15, 0.2) is 0 Å². The van der Waals surface area contributed by atoms with Gasteiger partial charge in [-0.15, -0.1) is 0 Å². The molecule has 1 N–H and O–H groups in total. The van der Waals surface area contributed by atoms with Crippen molar-refractivity contribution in [1.29, 1.82) is 0 Å². The van der Waals surface area contributed by atoms with Gasteiger partial charge in [-0.3, -0.25) is 9.69 Å². The van der Waals surface area contributed by atoms with Crippen LogP contribution in [0.3, 0.4) is 0 Å². The zero-order valence-electron chi connectivity index (χ0n) is 14.0. The van der Waals surface area contributed by atoms with Crippen LogP contribution in [0.4, 0.5) is 0 Å². The minimum Gasteiger partial charge on any atom is -0.379 e. The summed E-state index contributed by atoms with van der Waals surface area (Å²) in [7, 11) is -3.41. The fourth-order valence-electron chi connectivity index (χ4n) is 2.82. The van der Waals surface area contributed by atoms with E-state index >= 15 is 0 Å². The Morgan fingerprint density at radius 1 is 1.09 bits per heavy atom. The molecule has 2 aliphatic rings. The molecule has 1 amide bonds. The summed E-state index contributed by atoms with van der Waals surface area (Å²) in [6.07, 6.45) is 0.907. The molecular formula is C14H28N4O4S. The van der Waals surface area contributed by atoms with Crippen molar-refractivity contribution in [2.24, 2.45) is 0 Å². The summed E-state index contributed by atoms with van der Waals surface area (Å²) >= 11 is 0. The normalized spacial score (nSPS) is 23.6. The number of hydrogen-bond acceptors (Lipinski definition) is 5. The lowest BCUT2D eigenvalue weighted by Gasteiger charge is -2.39. The van der Waals surface area contributed by atoms with Gasteiger partial charge in [-0.25, -0.2) is 0 Å². The highest BCUT2D eigenvalue weighted by Gasteiger charge is 2.34. The third-order valence-corrected chi connectivity index (χ3v) is 6.41. The fourth-order valence-corrected chi connectivity index (χ4v) is 4.39. The third-order valence-electron chi connectivity index (χ3n) is 4.37. The number of morpholine rings is 1. The standard InChI is InChI=1S/C14H28N4O4S/c1-3-4-15-14(19)13(2)16-5-7-17(8-6-16)23(20,21)18-9-11-22-12-10-18/h13H,3-12H2,1-2H3,(H,15,19)/t13-/m1/s1. The predicted molar refractivity (Wildman–Crippen MR) is 87.2 cm³/mol. The van der Waals surface area contributed by atoms with Gasteiger partial charge in [-0.2, -0.15) is 17.0 Å². The number of nitrogens with zero attached hydrogens (tertiary/aromatic N) is 3. The summed E-state index contributed by atoms with van der Waals surface area (Å²) in [5, 5.41) is 2.89. The molecule has 0 aromatic rings. The van der Waals surface area contributed by atoms with Gasteiger partial charge in [0.1, 0.15) is 0 Å². The molecule has 0 saturated carbocycles. The van der Waals surface area contributed by atoms with Crippen LogP contribution < -0.4 is 5.32 Å². The zero-order valence-corrected chi connectivity index (χ0v) is 14.8. The highest BCUT2D eigenvalue weighted by atomic mass is 32.2. The summed E-state index contributed by atoms with van der Waals surface area (Å²) in [6.45, 7) is 8.29. The second-order valence-corrected chi connectivity index (χ2v) is 7.85. The molecule has 2 saturated heterocycles. The molecule has 0 radical (unpaired) electrons. The smallest absolute Gasteiger partial charge is 0.282 e. The predicted octanol–water partition coefficient (Wildman–Crippen LogP) is -0.904. The first-order chi connectivity index (χ1) is 11.0. The van der Waals surface area contributed by atoms with Crippen molar-refractivity contribution >= 4 is 16.1 Å². The lowest BCUT2D eigenvalue weighted by Crippen LogP contribution is -2.58. The number of amides is 1. The molecular weight excluding hydrogens is 320 g/mol. The van der Waals surface area contributed by atoms with Gasteiger partial charge in [0.25, 0.3) is 10.2 Å². The van der Waals surface area contributed by atoms with Gasteiger partial charge in [0.15, 0.2) is 0 Å². The number of piperazine rings is 1. The van der Waals surface area contributed by atoms with Crippen molar-refractivity contribution in [3.05, 3.63) is 0 Å². The van der Waals surface area contributed by atoms with E-state index in [1.165, 1.54) is 8.61 Å². The number of ether oxygens (including phenoxy) is 1. The van der Waals surface area contributed by atoms with E-state index < -0.39 is 10.2 Å². The van der Waals surface area contributed by atoms with Crippen molar-refractivity contribution in [2.75, 3.05) is 59.0 Å². The van der Waals surface area contributed by atoms with Gasteiger partial charge in [-0.1, -0.05) is 6.92 Å². The Kier molecular flexibility index (Phi) is 6.78. The highest BCUT2D eigenvalue weighted by molar-refractivity contribution is 7.86. The third kappa shape index (κ3) is 4.63. The van der Waals surface area contributed by atoms with E-state index in [1.807, 2.05) is 18.7 Å². The Balaban J connectivity index is 1.86. The molecule has 1 atom stereocenters. The van der Waals surface area contributed by atoms with E-state index in [2.05, 4.69) is 5.32 Å². The van der Waals surface area contributed by atoms with Crippen molar-refractivity contribution in [3.8, 4) is 0 Å². The monoisotopic (exact) mass is 348 g/mol. The molecule has 0 unspecified atom stereocenters. The van der Waals surface area contributed by atoms with Crippen LogP contribution in [-0.2, 0) is 19.7 Å². The minimum atomic E-state index is -3.41. The summed E-state index contributed by atoms with van der Waals surface area (Å²) in [5.74, 6) is 0.0105. The first-order valence-corrected chi connectivity index (χ1v) is 9.71. The van der Waals surface area contributed by atoms with Crippen LogP contribution in [0, 0.1) is 0 Å². The van der Waals surface area contributed by atoms with Crippen LogP contribution in [-0.4, -0.2) is 92.9 Å². The molecule has 2 rings (SSSR count). The average molecular weight is 348 g/mol. The maximum absolute atomic E-state index is 12.6. The molecule has 0 bridgehead atoms. The van der Waals surface area contributed by atoms with Crippen molar-refractivity contribution in [2.45, 2.75) is 26.3 Å². The van der Waals surface area contributed by atoms with E-state index in [9.17, 15) is 13.2 Å². The van der Waals surface area contributed by atoms with Crippen molar-refractivity contribution < 1.29 is 17.9 Å². The van der Waals surface area contributed by atoms with E-state index in [1.54, 1.807) is 0 Å². The number of carbonyl (C=O) groups excluding carboxylic acids is 1. The minimum absolute atomic E-state index is 0.0105. The number of hydrogen-bond donors (Lipinski definition) is 1. The quantitative estimate of drug-likeness (QED) is 0.672. The van der Waals surface area contributed by atoms with Crippen LogP contribution in [0.1, 0.15) is 20.3 Å².